The number of para-hydroxylation sites is 1. The molecule has 8 nitrogen and oxygen atoms in total. The minimum absolute atomic E-state index is 0.0290. The van der Waals surface area contributed by atoms with Gasteiger partial charge in [-0.15, -0.1) is 0 Å². The highest BCUT2D eigenvalue weighted by Crippen LogP contribution is 2.34. The summed E-state index contributed by atoms with van der Waals surface area (Å²) in [6.07, 6.45) is 5.76. The number of nitrogens with zero attached hydrogens (tertiary/aromatic N) is 6. The molecule has 1 amide bonds. The summed E-state index contributed by atoms with van der Waals surface area (Å²) in [6.45, 7) is 4.27. The second-order valence-corrected chi connectivity index (χ2v) is 8.89. The Balaban J connectivity index is 1.47. The maximum Gasteiger partial charge on any atom is 0.258 e. The van der Waals surface area contributed by atoms with Gasteiger partial charge >= 0.3 is 0 Å². The molecule has 0 spiro atoms. The molecule has 3 aromatic rings. The monoisotopic (exact) mass is 444 g/mol. The van der Waals surface area contributed by atoms with E-state index in [1.165, 1.54) is 0 Å². The molecule has 4 heterocycles. The van der Waals surface area contributed by atoms with Crippen LogP contribution in [0.1, 0.15) is 53.3 Å². The fraction of sp³-hybridized carbons (Fsp3) is 0.440. The molecular weight excluding hydrogens is 416 g/mol. The Kier molecular flexibility index (Phi) is 5.63. The summed E-state index contributed by atoms with van der Waals surface area (Å²) in [6, 6.07) is 11.6. The fourth-order valence-corrected chi connectivity index (χ4v) is 5.02. The molecule has 2 aromatic heterocycles. The number of likely N-dealkylation sites (tertiary alicyclic amines) is 1. The number of nitriles is 1. The van der Waals surface area contributed by atoms with Crippen LogP contribution in [0.15, 0.2) is 36.5 Å². The summed E-state index contributed by atoms with van der Waals surface area (Å²) in [5, 5.41) is 14.1. The first-order valence-electron chi connectivity index (χ1n) is 11.5. The molecule has 2 unspecified atom stereocenters. The molecule has 2 aliphatic heterocycles. The van der Waals surface area contributed by atoms with E-state index in [0.717, 1.165) is 55.0 Å². The Morgan fingerprint density at radius 2 is 2.06 bits per heavy atom. The number of benzene rings is 1. The van der Waals surface area contributed by atoms with Crippen LogP contribution >= 0.6 is 0 Å². The molecule has 0 N–H and O–H groups in total. The lowest BCUT2D eigenvalue weighted by Gasteiger charge is -2.35. The number of ether oxygens (including phenoxy) is 1. The van der Waals surface area contributed by atoms with Gasteiger partial charge in [0, 0.05) is 37.5 Å². The predicted molar refractivity (Wildman–Crippen MR) is 124 cm³/mol. The molecule has 5 rings (SSSR count). The zero-order valence-electron chi connectivity index (χ0n) is 19.1. The van der Waals surface area contributed by atoms with E-state index in [2.05, 4.69) is 11.0 Å². The van der Waals surface area contributed by atoms with E-state index in [-0.39, 0.29) is 17.9 Å². The van der Waals surface area contributed by atoms with E-state index < -0.39 is 0 Å². The third-order valence-corrected chi connectivity index (χ3v) is 6.74. The molecule has 8 heteroatoms. The van der Waals surface area contributed by atoms with Crippen LogP contribution in [-0.4, -0.2) is 52.1 Å². The van der Waals surface area contributed by atoms with Gasteiger partial charge in [-0.1, -0.05) is 12.1 Å². The van der Waals surface area contributed by atoms with E-state index >= 15 is 0 Å². The molecule has 170 valence electrons. The fourth-order valence-electron chi connectivity index (χ4n) is 5.02. The number of methoxy groups -OCH3 is 1. The van der Waals surface area contributed by atoms with Crippen molar-refractivity contribution in [2.24, 2.45) is 5.92 Å². The predicted octanol–water partition coefficient (Wildman–Crippen LogP) is 3.76. The van der Waals surface area contributed by atoms with E-state index in [1.54, 1.807) is 7.11 Å². The van der Waals surface area contributed by atoms with Crippen molar-refractivity contribution in [3.8, 4) is 11.8 Å². The Morgan fingerprint density at radius 3 is 2.85 bits per heavy atom. The third kappa shape index (κ3) is 3.88. The van der Waals surface area contributed by atoms with Crippen molar-refractivity contribution in [3.63, 3.8) is 0 Å². The zero-order valence-corrected chi connectivity index (χ0v) is 19.1. The highest BCUT2D eigenvalue weighted by Gasteiger charge is 2.32. The number of piperidine rings is 1. The van der Waals surface area contributed by atoms with E-state index in [1.807, 2.05) is 52.9 Å². The number of carbonyl (C=O) groups excluding carboxylic acids is 1. The maximum atomic E-state index is 13.5. The lowest BCUT2D eigenvalue weighted by molar-refractivity contribution is 0.0602. The van der Waals surface area contributed by atoms with Gasteiger partial charge in [-0.2, -0.15) is 10.4 Å². The molecule has 0 saturated carbocycles. The van der Waals surface area contributed by atoms with Crippen molar-refractivity contribution in [2.75, 3.05) is 31.6 Å². The lowest BCUT2D eigenvalue weighted by Crippen LogP contribution is -2.38. The largest absolute Gasteiger partial charge is 0.496 e. The van der Waals surface area contributed by atoms with Crippen LogP contribution in [0, 0.1) is 24.2 Å². The molecule has 0 aliphatic carbocycles. The molecule has 2 saturated heterocycles. The van der Waals surface area contributed by atoms with Gasteiger partial charge in [0.25, 0.3) is 5.91 Å². The number of aromatic nitrogens is 3. The number of rotatable bonds is 4. The highest BCUT2D eigenvalue weighted by molar-refractivity contribution is 5.97. The quantitative estimate of drug-likeness (QED) is 0.609. The molecule has 2 aliphatic rings. The van der Waals surface area contributed by atoms with Gasteiger partial charge in [0.05, 0.1) is 36.4 Å². The van der Waals surface area contributed by atoms with Crippen LogP contribution in [-0.2, 0) is 0 Å². The summed E-state index contributed by atoms with van der Waals surface area (Å²) < 4.78 is 7.25. The van der Waals surface area contributed by atoms with Crippen LogP contribution in [0.3, 0.4) is 0 Å². The Labute approximate surface area is 193 Å². The molecular formula is C25H28N6O2. The molecule has 1 aromatic carbocycles. The highest BCUT2D eigenvalue weighted by atomic mass is 16.5. The van der Waals surface area contributed by atoms with Crippen molar-refractivity contribution in [3.05, 3.63) is 53.3 Å². The minimum Gasteiger partial charge on any atom is -0.496 e. The lowest BCUT2D eigenvalue weighted by atomic mass is 9.98. The van der Waals surface area contributed by atoms with Crippen molar-refractivity contribution in [1.82, 2.24) is 19.5 Å². The number of hydrogen-bond donors (Lipinski definition) is 0. The molecule has 33 heavy (non-hydrogen) atoms. The smallest absolute Gasteiger partial charge is 0.258 e. The summed E-state index contributed by atoms with van der Waals surface area (Å²) in [5.41, 5.74) is 3.23. The zero-order chi connectivity index (χ0) is 22.9. The van der Waals surface area contributed by atoms with Gasteiger partial charge in [-0.3, -0.25) is 4.79 Å². The van der Waals surface area contributed by atoms with E-state index in [0.29, 0.717) is 24.4 Å². The van der Waals surface area contributed by atoms with Gasteiger partial charge in [0.2, 0.25) is 0 Å². The van der Waals surface area contributed by atoms with Gasteiger partial charge < -0.3 is 14.5 Å². The molecule has 0 radical (unpaired) electrons. The first kappa shape index (κ1) is 21.3. The second-order valence-electron chi connectivity index (χ2n) is 8.89. The number of amides is 1. The SMILES string of the molecule is COc1ccccc1C(=O)N1CCCCC1c1cc2nc(N3CCC(C#N)C3)c(C)cn2n1. The first-order chi connectivity index (χ1) is 16.1. The summed E-state index contributed by atoms with van der Waals surface area (Å²) in [7, 11) is 1.59. The van der Waals surface area contributed by atoms with E-state index in [9.17, 15) is 10.1 Å². The van der Waals surface area contributed by atoms with Crippen LogP contribution in [0.4, 0.5) is 5.82 Å². The number of fused-ring (bicyclic) bond motifs is 1. The van der Waals surface area contributed by atoms with Gasteiger partial charge in [0.15, 0.2) is 5.65 Å². The average molecular weight is 445 g/mol. The van der Waals surface area contributed by atoms with Crippen molar-refractivity contribution < 1.29 is 9.53 Å². The van der Waals surface area contributed by atoms with Crippen LogP contribution in [0.25, 0.3) is 5.65 Å². The number of hydrogen-bond acceptors (Lipinski definition) is 6. The first-order valence-corrected chi connectivity index (χ1v) is 11.5. The topological polar surface area (TPSA) is 86.8 Å². The summed E-state index contributed by atoms with van der Waals surface area (Å²) in [5.74, 6) is 1.53. The van der Waals surface area contributed by atoms with Crippen LogP contribution in [0.2, 0.25) is 0 Å². The van der Waals surface area contributed by atoms with Crippen molar-refractivity contribution in [1.29, 1.82) is 5.26 Å². The standard InChI is InChI=1S/C25H28N6O2/c1-17-15-31-23(27-24(17)29-12-10-18(14-26)16-29)13-20(28-31)21-8-5-6-11-30(21)25(32)19-7-3-4-9-22(19)33-2/h3-4,7,9,13,15,18,21H,5-6,8,10-12,16H2,1-2H3. The average Bonchev–Trinajstić information content (AvgIpc) is 3.49. The molecule has 0 bridgehead atoms. The Morgan fingerprint density at radius 1 is 1.21 bits per heavy atom. The van der Waals surface area contributed by atoms with Gasteiger partial charge in [-0.25, -0.2) is 9.50 Å². The summed E-state index contributed by atoms with van der Waals surface area (Å²) in [4.78, 5) is 22.5. The summed E-state index contributed by atoms with van der Waals surface area (Å²) >= 11 is 0. The van der Waals surface area contributed by atoms with Crippen molar-refractivity contribution in [2.45, 2.75) is 38.6 Å². The van der Waals surface area contributed by atoms with Gasteiger partial charge in [-0.05, 0) is 44.7 Å². The van der Waals surface area contributed by atoms with E-state index in [4.69, 9.17) is 14.8 Å². The Hall–Kier alpha value is -3.60. The minimum atomic E-state index is -0.101. The Bertz CT molecular complexity index is 1230. The third-order valence-electron chi connectivity index (χ3n) is 6.74. The maximum absolute atomic E-state index is 13.5. The normalized spacial score (nSPS) is 20.8. The number of aryl methyl sites for hydroxylation is 1. The van der Waals surface area contributed by atoms with Gasteiger partial charge in [0.1, 0.15) is 11.6 Å². The number of anilines is 1. The van der Waals surface area contributed by atoms with Crippen LogP contribution < -0.4 is 9.64 Å². The van der Waals surface area contributed by atoms with Crippen molar-refractivity contribution >= 4 is 17.4 Å². The molecule has 2 atom stereocenters. The number of carbonyl (C=O) groups is 1. The van der Waals surface area contributed by atoms with Crippen LogP contribution in [0.5, 0.6) is 5.75 Å². The second kappa shape index (κ2) is 8.74. The molecule has 2 fully saturated rings.